The number of oxazole rings is 1. The monoisotopic (exact) mass is 359 g/mol. The van der Waals surface area contributed by atoms with Crippen LogP contribution in [0.5, 0.6) is 0 Å². The Kier molecular flexibility index (Phi) is 3.38. The molecule has 5 rings (SSSR count). The number of fused-ring (bicyclic) bond motifs is 5. The van der Waals surface area contributed by atoms with Gasteiger partial charge in [-0.1, -0.05) is 6.92 Å². The zero-order valence-electron chi connectivity index (χ0n) is 15.4. The maximum absolute atomic E-state index is 14.0. The highest BCUT2D eigenvalue weighted by Gasteiger charge is 2.65. The van der Waals surface area contributed by atoms with Crippen LogP contribution >= 0.6 is 0 Å². The lowest BCUT2D eigenvalue weighted by Gasteiger charge is -2.38. The Morgan fingerprint density at radius 3 is 2.58 bits per heavy atom. The highest BCUT2D eigenvalue weighted by molar-refractivity contribution is 5.70. The molecule has 1 aromatic carbocycles. The topological polar surface area (TPSA) is 32.5 Å². The van der Waals surface area contributed by atoms with E-state index in [-0.39, 0.29) is 11.5 Å². The molecule has 2 aromatic rings. The molecule has 3 aliphatic rings. The van der Waals surface area contributed by atoms with Crippen molar-refractivity contribution in [3.8, 4) is 11.3 Å². The van der Waals surface area contributed by atoms with Crippen molar-refractivity contribution in [1.29, 1.82) is 0 Å². The van der Waals surface area contributed by atoms with Crippen LogP contribution in [0.25, 0.3) is 11.3 Å². The van der Waals surface area contributed by atoms with Crippen LogP contribution < -0.4 is 0 Å². The van der Waals surface area contributed by atoms with Crippen molar-refractivity contribution in [2.24, 2.45) is 5.92 Å². The first kappa shape index (κ1) is 16.4. The molecule has 0 radical (unpaired) electrons. The van der Waals surface area contributed by atoms with Gasteiger partial charge in [0.05, 0.1) is 5.54 Å². The Hall–Kier alpha value is -1.79. The van der Waals surface area contributed by atoms with Crippen LogP contribution in [0.4, 0.5) is 8.78 Å². The van der Waals surface area contributed by atoms with E-state index in [0.29, 0.717) is 23.1 Å². The van der Waals surface area contributed by atoms with Crippen LogP contribution in [0.3, 0.4) is 0 Å². The molecule has 0 N–H and O–H groups in total. The molecule has 1 saturated heterocycles. The minimum Gasteiger partial charge on any atom is -0.441 e. The lowest BCUT2D eigenvalue weighted by molar-refractivity contribution is 0.0848. The summed E-state index contributed by atoms with van der Waals surface area (Å²) in [6.45, 7) is 7.94. The van der Waals surface area contributed by atoms with E-state index >= 15 is 0 Å². The van der Waals surface area contributed by atoms with E-state index in [1.165, 1.54) is 12.1 Å². The minimum absolute atomic E-state index is 0.129. The van der Waals surface area contributed by atoms with Gasteiger partial charge in [-0.2, -0.15) is 0 Å². The van der Waals surface area contributed by atoms with Crippen molar-refractivity contribution < 1.29 is 13.2 Å². The standard InChI is InChI=1S/C20H23F2N3O/c1-11-13-8-16(21)17(22)9-14(13)18-19(23-12(2)26-18)20(10-15(11)20)25-6-4-24(3)5-7-25/h8-9,11,15H,4-7,10H2,1-3H3. The molecule has 0 amide bonds. The molecule has 3 atom stereocenters. The first-order valence-electron chi connectivity index (χ1n) is 9.32. The summed E-state index contributed by atoms with van der Waals surface area (Å²) in [6.07, 6.45) is 0.995. The summed E-state index contributed by atoms with van der Waals surface area (Å²) in [6, 6.07) is 2.64. The second-order valence-electron chi connectivity index (χ2n) is 8.08. The normalized spacial score (nSPS) is 31.1. The van der Waals surface area contributed by atoms with Crippen molar-refractivity contribution in [3.05, 3.63) is 40.9 Å². The van der Waals surface area contributed by atoms with Crippen LogP contribution in [0, 0.1) is 24.5 Å². The molecule has 1 aromatic heterocycles. The van der Waals surface area contributed by atoms with E-state index < -0.39 is 11.6 Å². The Labute approximate surface area is 151 Å². The van der Waals surface area contributed by atoms with Gasteiger partial charge in [0.15, 0.2) is 23.3 Å². The van der Waals surface area contributed by atoms with Gasteiger partial charge in [0, 0.05) is 38.7 Å². The van der Waals surface area contributed by atoms with Gasteiger partial charge in [-0.25, -0.2) is 13.8 Å². The summed E-state index contributed by atoms with van der Waals surface area (Å²) in [7, 11) is 2.14. The molecule has 3 unspecified atom stereocenters. The Balaban J connectivity index is 1.69. The van der Waals surface area contributed by atoms with Gasteiger partial charge in [-0.3, -0.25) is 4.90 Å². The number of nitrogens with zero attached hydrogens (tertiary/aromatic N) is 3. The van der Waals surface area contributed by atoms with Gasteiger partial charge >= 0.3 is 0 Å². The SMILES string of the molecule is Cc1nc2c(o1)-c1cc(F)c(F)cc1C(C)C1CC21N1CCN(C)CC1. The lowest BCUT2D eigenvalue weighted by Crippen LogP contribution is -2.50. The minimum atomic E-state index is -0.833. The van der Waals surface area contributed by atoms with Gasteiger partial charge in [-0.15, -0.1) is 0 Å². The van der Waals surface area contributed by atoms with E-state index in [1.54, 1.807) is 0 Å². The third-order valence-corrected chi connectivity index (χ3v) is 6.63. The van der Waals surface area contributed by atoms with E-state index in [1.807, 2.05) is 6.92 Å². The number of likely N-dealkylation sites (N-methyl/N-ethyl adjacent to an activating group) is 1. The van der Waals surface area contributed by atoms with Crippen LogP contribution in [-0.4, -0.2) is 48.0 Å². The lowest BCUT2D eigenvalue weighted by atomic mass is 9.91. The predicted octanol–water partition coefficient (Wildman–Crippen LogP) is 3.51. The molecule has 1 saturated carbocycles. The molecule has 0 spiro atoms. The number of hydrogen-bond acceptors (Lipinski definition) is 4. The molecule has 2 heterocycles. The zero-order valence-corrected chi connectivity index (χ0v) is 15.4. The first-order chi connectivity index (χ1) is 12.4. The van der Waals surface area contributed by atoms with Crippen molar-refractivity contribution >= 4 is 0 Å². The average molecular weight is 359 g/mol. The van der Waals surface area contributed by atoms with Crippen molar-refractivity contribution in [3.63, 3.8) is 0 Å². The van der Waals surface area contributed by atoms with E-state index in [0.717, 1.165) is 43.9 Å². The summed E-state index contributed by atoms with van der Waals surface area (Å²) >= 11 is 0. The maximum atomic E-state index is 14.0. The smallest absolute Gasteiger partial charge is 0.192 e. The third kappa shape index (κ3) is 2.09. The van der Waals surface area contributed by atoms with E-state index in [2.05, 4.69) is 23.8 Å². The molecule has 1 aliphatic heterocycles. The molecular weight excluding hydrogens is 336 g/mol. The number of halogens is 2. The van der Waals surface area contributed by atoms with Gasteiger partial charge in [0.1, 0.15) is 5.69 Å². The molecule has 6 heteroatoms. The highest BCUT2D eigenvalue weighted by Crippen LogP contribution is 2.66. The zero-order chi connectivity index (χ0) is 18.2. The quantitative estimate of drug-likeness (QED) is 0.780. The van der Waals surface area contributed by atoms with Gasteiger partial charge in [0.2, 0.25) is 0 Å². The Morgan fingerprint density at radius 1 is 1.15 bits per heavy atom. The summed E-state index contributed by atoms with van der Waals surface area (Å²) in [4.78, 5) is 9.60. The number of piperazine rings is 1. The van der Waals surface area contributed by atoms with Crippen molar-refractivity contribution in [1.82, 2.24) is 14.8 Å². The maximum Gasteiger partial charge on any atom is 0.192 e. The molecule has 26 heavy (non-hydrogen) atoms. The second-order valence-corrected chi connectivity index (χ2v) is 8.08. The summed E-state index contributed by atoms with van der Waals surface area (Å²) in [5, 5.41) is 0. The highest BCUT2D eigenvalue weighted by atomic mass is 19.2. The molecular formula is C20H23F2N3O. The number of rotatable bonds is 1. The number of hydrogen-bond donors (Lipinski definition) is 0. The fourth-order valence-electron chi connectivity index (χ4n) is 5.11. The Bertz CT molecular complexity index is 887. The summed E-state index contributed by atoms with van der Waals surface area (Å²) in [5.74, 6) is 0.0626. The predicted molar refractivity (Wildman–Crippen MR) is 93.9 cm³/mol. The van der Waals surface area contributed by atoms with Crippen LogP contribution in [-0.2, 0) is 5.54 Å². The van der Waals surface area contributed by atoms with Crippen molar-refractivity contribution in [2.45, 2.75) is 31.7 Å². The molecule has 2 fully saturated rings. The molecule has 4 nitrogen and oxygen atoms in total. The van der Waals surface area contributed by atoms with Crippen molar-refractivity contribution in [2.75, 3.05) is 33.2 Å². The van der Waals surface area contributed by atoms with E-state index in [4.69, 9.17) is 9.40 Å². The van der Waals surface area contributed by atoms with Gasteiger partial charge in [0.25, 0.3) is 0 Å². The molecule has 2 aliphatic carbocycles. The number of aryl methyl sites for hydroxylation is 1. The third-order valence-electron chi connectivity index (χ3n) is 6.63. The molecule has 0 bridgehead atoms. The average Bonchev–Trinajstić information content (AvgIpc) is 3.26. The Morgan fingerprint density at radius 2 is 1.85 bits per heavy atom. The van der Waals surface area contributed by atoms with Gasteiger partial charge in [-0.05, 0) is 43.0 Å². The van der Waals surface area contributed by atoms with E-state index in [9.17, 15) is 8.78 Å². The summed E-state index contributed by atoms with van der Waals surface area (Å²) in [5.41, 5.74) is 2.24. The van der Waals surface area contributed by atoms with Gasteiger partial charge < -0.3 is 9.32 Å². The number of aromatic nitrogens is 1. The largest absolute Gasteiger partial charge is 0.441 e. The summed E-state index contributed by atoms with van der Waals surface area (Å²) < 4.78 is 34.0. The number of benzene rings is 1. The van der Waals surface area contributed by atoms with Crippen LogP contribution in [0.15, 0.2) is 16.5 Å². The molecule has 138 valence electrons. The fraction of sp³-hybridized carbons (Fsp3) is 0.550. The van der Waals surface area contributed by atoms with Crippen LogP contribution in [0.2, 0.25) is 0 Å². The first-order valence-corrected chi connectivity index (χ1v) is 9.32. The second kappa shape index (κ2) is 5.36. The fourth-order valence-corrected chi connectivity index (χ4v) is 5.11. The van der Waals surface area contributed by atoms with Crippen LogP contribution in [0.1, 0.15) is 36.4 Å².